The van der Waals surface area contributed by atoms with Crippen LogP contribution < -0.4 is 16.1 Å². The molecule has 4 aromatic rings. The Labute approximate surface area is 167 Å². The van der Waals surface area contributed by atoms with Gasteiger partial charge in [-0.15, -0.1) is 0 Å². The average Bonchev–Trinajstić information content (AvgIpc) is 2.76. The van der Waals surface area contributed by atoms with Crippen molar-refractivity contribution in [3.05, 3.63) is 90.8 Å². The number of benzene rings is 2. The molecule has 0 aliphatic heterocycles. The van der Waals surface area contributed by atoms with Crippen LogP contribution >= 0.6 is 0 Å². The van der Waals surface area contributed by atoms with Crippen LogP contribution in [0.25, 0.3) is 0 Å². The fraction of sp³-hybridized carbons (Fsp3) is 0. The summed E-state index contributed by atoms with van der Waals surface area (Å²) in [6.45, 7) is 0. The monoisotopic (exact) mass is 382 g/mol. The van der Waals surface area contributed by atoms with Crippen LogP contribution in [0, 0.1) is 0 Å². The average molecular weight is 382 g/mol. The van der Waals surface area contributed by atoms with Crippen LogP contribution in [-0.2, 0) is 0 Å². The second kappa shape index (κ2) is 9.05. The van der Waals surface area contributed by atoms with Gasteiger partial charge >= 0.3 is 0 Å². The molecule has 2 heterocycles. The smallest absolute Gasteiger partial charge is 0.250 e. The lowest BCUT2D eigenvalue weighted by Crippen LogP contribution is -2.07. The summed E-state index contributed by atoms with van der Waals surface area (Å²) in [4.78, 5) is 17.4. The molecule has 0 spiro atoms. The first-order chi connectivity index (χ1) is 14.3. The van der Waals surface area contributed by atoms with Gasteiger partial charge < -0.3 is 10.6 Å². The minimum Gasteiger partial charge on any atom is -0.324 e. The Hall–Kier alpha value is -4.33. The Balaban J connectivity index is 1.57. The molecule has 0 fully saturated rings. The first-order valence-corrected chi connectivity index (χ1v) is 8.95. The van der Waals surface area contributed by atoms with Crippen molar-refractivity contribution in [2.24, 2.45) is 5.10 Å². The molecule has 4 rings (SSSR count). The lowest BCUT2D eigenvalue weighted by atomic mass is 10.3. The maximum atomic E-state index is 4.44. The number of hydrogen-bond acceptors (Lipinski definition) is 8. The molecule has 0 bridgehead atoms. The second-order valence-corrected chi connectivity index (χ2v) is 5.91. The number of hydrazone groups is 1. The summed E-state index contributed by atoms with van der Waals surface area (Å²) >= 11 is 0. The molecule has 0 saturated heterocycles. The highest BCUT2D eigenvalue weighted by molar-refractivity contribution is 5.77. The zero-order valence-corrected chi connectivity index (χ0v) is 15.4. The van der Waals surface area contributed by atoms with E-state index in [-0.39, 0.29) is 0 Å². The van der Waals surface area contributed by atoms with E-state index in [9.17, 15) is 0 Å². The second-order valence-electron chi connectivity index (χ2n) is 5.91. The van der Waals surface area contributed by atoms with E-state index < -0.39 is 0 Å². The van der Waals surface area contributed by atoms with E-state index in [1.807, 2.05) is 78.9 Å². The minimum atomic E-state index is 0.295. The standard InChI is InChI=1S/C21H18N8/c1-3-9-16(10-4-1)24-19-26-20(25-17-11-5-2-6-12-17)28-21(27-19)29-23-15-18-13-7-8-14-22-18/h1-15H,(H3,24,25,26,27,28,29)/b23-15-. The molecule has 0 unspecified atom stereocenters. The fourth-order valence-electron chi connectivity index (χ4n) is 2.45. The lowest BCUT2D eigenvalue weighted by molar-refractivity contribution is 1.04. The van der Waals surface area contributed by atoms with Gasteiger partial charge in [0.15, 0.2) is 0 Å². The predicted molar refractivity (Wildman–Crippen MR) is 115 cm³/mol. The van der Waals surface area contributed by atoms with Gasteiger partial charge in [-0.3, -0.25) is 4.98 Å². The maximum absolute atomic E-state index is 4.44. The number of aromatic nitrogens is 4. The minimum absolute atomic E-state index is 0.295. The highest BCUT2D eigenvalue weighted by Gasteiger charge is 2.07. The molecule has 2 aromatic heterocycles. The summed E-state index contributed by atoms with van der Waals surface area (Å²) in [5.41, 5.74) is 5.29. The topological polar surface area (TPSA) is 100 Å². The van der Waals surface area contributed by atoms with Gasteiger partial charge in [-0.1, -0.05) is 42.5 Å². The Bertz CT molecular complexity index is 1010. The molecule has 0 aliphatic carbocycles. The van der Waals surface area contributed by atoms with Crippen LogP contribution in [0.15, 0.2) is 90.2 Å². The quantitative estimate of drug-likeness (QED) is 0.325. The molecule has 2 aromatic carbocycles. The number of pyridine rings is 1. The van der Waals surface area contributed by atoms with Crippen molar-refractivity contribution in [2.45, 2.75) is 0 Å². The number of hydrogen-bond donors (Lipinski definition) is 3. The summed E-state index contributed by atoms with van der Waals surface area (Å²) in [6, 6.07) is 24.9. The Kier molecular flexibility index (Phi) is 5.63. The van der Waals surface area contributed by atoms with Crippen molar-refractivity contribution in [3.8, 4) is 0 Å². The Morgan fingerprint density at radius 2 is 1.17 bits per heavy atom. The lowest BCUT2D eigenvalue weighted by Gasteiger charge is -2.10. The van der Waals surface area contributed by atoms with Crippen molar-refractivity contribution >= 4 is 35.4 Å². The molecule has 0 radical (unpaired) electrons. The normalized spacial score (nSPS) is 10.6. The van der Waals surface area contributed by atoms with Crippen molar-refractivity contribution in [2.75, 3.05) is 16.1 Å². The van der Waals surface area contributed by atoms with Gasteiger partial charge in [0, 0.05) is 17.6 Å². The summed E-state index contributed by atoms with van der Waals surface area (Å²) < 4.78 is 0. The molecule has 0 saturated carbocycles. The van der Waals surface area contributed by atoms with Gasteiger partial charge in [-0.2, -0.15) is 20.1 Å². The number of rotatable bonds is 7. The number of anilines is 5. The van der Waals surface area contributed by atoms with E-state index in [1.54, 1.807) is 12.4 Å². The van der Waals surface area contributed by atoms with Crippen LogP contribution in [0.5, 0.6) is 0 Å². The molecule has 8 heteroatoms. The van der Waals surface area contributed by atoms with Crippen molar-refractivity contribution in [1.82, 2.24) is 19.9 Å². The zero-order valence-electron chi connectivity index (χ0n) is 15.4. The molecule has 0 amide bonds. The van der Waals surface area contributed by atoms with E-state index in [1.165, 1.54) is 0 Å². The van der Waals surface area contributed by atoms with Crippen LogP contribution in [0.2, 0.25) is 0 Å². The number of nitrogens with zero attached hydrogens (tertiary/aromatic N) is 5. The van der Waals surface area contributed by atoms with E-state index >= 15 is 0 Å². The highest BCUT2D eigenvalue weighted by Crippen LogP contribution is 2.18. The maximum Gasteiger partial charge on any atom is 0.250 e. The molecule has 142 valence electrons. The largest absolute Gasteiger partial charge is 0.324 e. The molecule has 0 atom stereocenters. The van der Waals surface area contributed by atoms with Crippen LogP contribution in [0.4, 0.5) is 29.2 Å². The molecular formula is C21H18N8. The predicted octanol–water partition coefficient (Wildman–Crippen LogP) is 4.20. The molecule has 3 N–H and O–H groups in total. The van der Waals surface area contributed by atoms with E-state index in [4.69, 9.17) is 0 Å². The number of nitrogens with one attached hydrogen (secondary N) is 3. The van der Waals surface area contributed by atoms with E-state index in [2.05, 4.69) is 41.1 Å². The van der Waals surface area contributed by atoms with Crippen molar-refractivity contribution in [1.29, 1.82) is 0 Å². The Morgan fingerprint density at radius 3 is 1.72 bits per heavy atom. The van der Waals surface area contributed by atoms with Crippen LogP contribution in [0.3, 0.4) is 0 Å². The van der Waals surface area contributed by atoms with Gasteiger partial charge in [0.05, 0.1) is 11.9 Å². The van der Waals surface area contributed by atoms with E-state index in [0.29, 0.717) is 17.8 Å². The van der Waals surface area contributed by atoms with Gasteiger partial charge in [-0.25, -0.2) is 5.43 Å². The highest BCUT2D eigenvalue weighted by atomic mass is 15.4. The first kappa shape index (κ1) is 18.1. The zero-order chi connectivity index (χ0) is 19.7. The molecule has 0 aliphatic rings. The van der Waals surface area contributed by atoms with E-state index in [0.717, 1.165) is 17.1 Å². The fourth-order valence-corrected chi connectivity index (χ4v) is 2.45. The third-order valence-corrected chi connectivity index (χ3v) is 3.74. The molecule has 8 nitrogen and oxygen atoms in total. The number of para-hydroxylation sites is 2. The van der Waals surface area contributed by atoms with Crippen molar-refractivity contribution < 1.29 is 0 Å². The van der Waals surface area contributed by atoms with Gasteiger partial charge in [-0.05, 0) is 36.4 Å². The molecular weight excluding hydrogens is 364 g/mol. The Morgan fingerprint density at radius 1 is 0.621 bits per heavy atom. The summed E-state index contributed by atoms with van der Waals surface area (Å²) in [5.74, 6) is 1.07. The third-order valence-electron chi connectivity index (χ3n) is 3.74. The summed E-state index contributed by atoms with van der Waals surface area (Å²) in [7, 11) is 0. The first-order valence-electron chi connectivity index (χ1n) is 8.95. The third kappa shape index (κ3) is 5.33. The van der Waals surface area contributed by atoms with Crippen LogP contribution in [0.1, 0.15) is 5.69 Å². The van der Waals surface area contributed by atoms with Gasteiger partial charge in [0.2, 0.25) is 17.8 Å². The van der Waals surface area contributed by atoms with Gasteiger partial charge in [0.1, 0.15) is 0 Å². The van der Waals surface area contributed by atoms with Gasteiger partial charge in [0.25, 0.3) is 0 Å². The van der Waals surface area contributed by atoms with Crippen molar-refractivity contribution in [3.63, 3.8) is 0 Å². The summed E-state index contributed by atoms with van der Waals surface area (Å²) in [5, 5.41) is 10.5. The van der Waals surface area contributed by atoms with Crippen LogP contribution in [-0.4, -0.2) is 26.2 Å². The summed E-state index contributed by atoms with van der Waals surface area (Å²) in [6.07, 6.45) is 3.30. The SMILES string of the molecule is C(=N/Nc1nc(Nc2ccccc2)nc(Nc2ccccc2)n1)/c1ccccn1. The molecule has 29 heavy (non-hydrogen) atoms.